The van der Waals surface area contributed by atoms with Gasteiger partial charge in [-0.15, -0.1) is 0 Å². The molecule has 0 saturated heterocycles. The zero-order chi connectivity index (χ0) is 17.0. The van der Waals surface area contributed by atoms with Gasteiger partial charge in [-0.3, -0.25) is 18.7 Å². The Hall–Kier alpha value is -2.34. The van der Waals surface area contributed by atoms with E-state index < -0.39 is 11.2 Å². The summed E-state index contributed by atoms with van der Waals surface area (Å²) in [5.74, 6) is -0.380. The minimum absolute atomic E-state index is 0.0627. The molecule has 2 aromatic rings. The summed E-state index contributed by atoms with van der Waals surface area (Å²) in [5, 5.41) is 3.19. The van der Waals surface area contributed by atoms with Crippen molar-refractivity contribution in [2.45, 2.75) is 33.0 Å². The summed E-state index contributed by atoms with van der Waals surface area (Å²) in [6, 6.07) is 8.35. The highest BCUT2D eigenvalue weighted by Crippen LogP contribution is 2.15. The van der Waals surface area contributed by atoms with Gasteiger partial charge in [-0.1, -0.05) is 29.8 Å². The summed E-state index contributed by atoms with van der Waals surface area (Å²) in [6.45, 7) is 3.53. The second kappa shape index (κ2) is 7.28. The van der Waals surface area contributed by atoms with Crippen molar-refractivity contribution in [1.29, 1.82) is 0 Å². The maximum absolute atomic E-state index is 12.4. The molecule has 6 nitrogen and oxygen atoms in total. The summed E-state index contributed by atoms with van der Waals surface area (Å²) in [5.41, 5.74) is -0.297. The Morgan fingerprint density at radius 2 is 1.91 bits per heavy atom. The topological polar surface area (TPSA) is 73.1 Å². The van der Waals surface area contributed by atoms with Gasteiger partial charge in [-0.05, 0) is 25.5 Å². The van der Waals surface area contributed by atoms with E-state index in [2.05, 4.69) is 5.32 Å². The summed E-state index contributed by atoms with van der Waals surface area (Å²) < 4.78 is 2.26. The molecule has 0 bridgehead atoms. The van der Waals surface area contributed by atoms with Crippen LogP contribution >= 0.6 is 11.6 Å². The van der Waals surface area contributed by atoms with E-state index in [1.807, 2.05) is 6.07 Å². The van der Waals surface area contributed by atoms with Crippen molar-refractivity contribution in [2.24, 2.45) is 0 Å². The van der Waals surface area contributed by atoms with Crippen LogP contribution in [0.3, 0.4) is 0 Å². The number of carbonyl (C=O) groups excluding carboxylic acids is 1. The molecule has 23 heavy (non-hydrogen) atoms. The van der Waals surface area contributed by atoms with Gasteiger partial charge in [0, 0.05) is 23.3 Å². The molecule has 0 saturated carbocycles. The lowest BCUT2D eigenvalue weighted by Crippen LogP contribution is -2.44. The number of amides is 1. The standard InChI is InChI=1S/C16H18ClN3O3/c1-11(2)18-14(21)10-20-15(22)7-8-19(16(20)23)9-12-5-3-4-6-13(12)17/h3-8,11H,9-10H2,1-2H3,(H,18,21). The van der Waals surface area contributed by atoms with E-state index in [4.69, 9.17) is 11.6 Å². The third-order valence-electron chi connectivity index (χ3n) is 3.19. The Morgan fingerprint density at radius 3 is 2.57 bits per heavy atom. The van der Waals surface area contributed by atoms with Gasteiger partial charge in [0.25, 0.3) is 5.56 Å². The fourth-order valence-electron chi connectivity index (χ4n) is 2.14. The van der Waals surface area contributed by atoms with Gasteiger partial charge in [0.05, 0.1) is 6.54 Å². The fraction of sp³-hybridized carbons (Fsp3) is 0.312. The van der Waals surface area contributed by atoms with Crippen molar-refractivity contribution in [1.82, 2.24) is 14.5 Å². The number of halogens is 1. The van der Waals surface area contributed by atoms with Crippen molar-refractivity contribution in [2.75, 3.05) is 0 Å². The number of hydrogen-bond donors (Lipinski definition) is 1. The molecule has 0 fully saturated rings. The van der Waals surface area contributed by atoms with Crippen molar-refractivity contribution in [3.05, 3.63) is 68.0 Å². The predicted octanol–water partition coefficient (Wildman–Crippen LogP) is 1.24. The number of benzene rings is 1. The van der Waals surface area contributed by atoms with Gasteiger partial charge in [0.1, 0.15) is 6.54 Å². The van der Waals surface area contributed by atoms with E-state index >= 15 is 0 Å². The van der Waals surface area contributed by atoms with E-state index in [1.165, 1.54) is 16.8 Å². The first-order chi connectivity index (χ1) is 10.9. The molecule has 7 heteroatoms. The smallest absolute Gasteiger partial charge is 0.331 e. The van der Waals surface area contributed by atoms with Crippen LogP contribution in [0.25, 0.3) is 0 Å². The number of carbonyl (C=O) groups is 1. The summed E-state index contributed by atoms with van der Waals surface area (Å²) >= 11 is 6.09. The van der Waals surface area contributed by atoms with Crippen LogP contribution in [-0.4, -0.2) is 21.1 Å². The van der Waals surface area contributed by atoms with Gasteiger partial charge in [0.2, 0.25) is 5.91 Å². The second-order valence-corrected chi connectivity index (χ2v) is 5.87. The lowest BCUT2D eigenvalue weighted by atomic mass is 10.2. The first-order valence-corrected chi connectivity index (χ1v) is 7.59. The van der Waals surface area contributed by atoms with Crippen molar-refractivity contribution >= 4 is 17.5 Å². The zero-order valence-electron chi connectivity index (χ0n) is 13.0. The van der Waals surface area contributed by atoms with Gasteiger partial charge in [0.15, 0.2) is 0 Å². The van der Waals surface area contributed by atoms with E-state index in [1.54, 1.807) is 32.0 Å². The molecule has 2 rings (SSSR count). The molecule has 0 aliphatic rings. The van der Waals surface area contributed by atoms with Crippen LogP contribution < -0.4 is 16.6 Å². The normalized spacial score (nSPS) is 10.8. The molecule has 122 valence electrons. The molecular formula is C16H18ClN3O3. The quantitative estimate of drug-likeness (QED) is 0.893. The lowest BCUT2D eigenvalue weighted by molar-refractivity contribution is -0.122. The number of nitrogens with zero attached hydrogens (tertiary/aromatic N) is 2. The van der Waals surface area contributed by atoms with Gasteiger partial charge in [-0.25, -0.2) is 4.79 Å². The summed E-state index contributed by atoms with van der Waals surface area (Å²) in [4.78, 5) is 36.1. The van der Waals surface area contributed by atoms with Gasteiger partial charge < -0.3 is 5.32 Å². The van der Waals surface area contributed by atoms with Crippen LogP contribution in [0.15, 0.2) is 46.1 Å². The van der Waals surface area contributed by atoms with E-state index in [-0.39, 0.29) is 25.0 Å². The average molecular weight is 336 g/mol. The van der Waals surface area contributed by atoms with Crippen LogP contribution in [0.4, 0.5) is 0 Å². The van der Waals surface area contributed by atoms with Crippen molar-refractivity contribution < 1.29 is 4.79 Å². The highest BCUT2D eigenvalue weighted by molar-refractivity contribution is 6.31. The molecule has 0 radical (unpaired) electrons. The highest BCUT2D eigenvalue weighted by atomic mass is 35.5. The number of aromatic nitrogens is 2. The Kier molecular flexibility index (Phi) is 5.39. The molecule has 0 aliphatic heterocycles. The van der Waals surface area contributed by atoms with E-state index in [0.29, 0.717) is 5.02 Å². The number of rotatable bonds is 5. The van der Waals surface area contributed by atoms with Crippen LogP contribution in [0.5, 0.6) is 0 Å². The molecule has 1 heterocycles. The molecule has 0 atom stereocenters. The minimum Gasteiger partial charge on any atom is -0.352 e. The Morgan fingerprint density at radius 1 is 1.22 bits per heavy atom. The maximum atomic E-state index is 12.4. The van der Waals surface area contributed by atoms with Crippen molar-refractivity contribution in [3.63, 3.8) is 0 Å². The van der Waals surface area contributed by atoms with E-state index in [9.17, 15) is 14.4 Å². The minimum atomic E-state index is -0.545. The molecule has 0 spiro atoms. The predicted molar refractivity (Wildman–Crippen MR) is 88.8 cm³/mol. The molecule has 0 unspecified atom stereocenters. The molecule has 1 N–H and O–H groups in total. The monoisotopic (exact) mass is 335 g/mol. The lowest BCUT2D eigenvalue weighted by Gasteiger charge is -2.12. The Bertz CT molecular complexity index is 824. The SMILES string of the molecule is CC(C)NC(=O)Cn1c(=O)ccn(Cc2ccccc2Cl)c1=O. The highest BCUT2D eigenvalue weighted by Gasteiger charge is 2.11. The summed E-state index contributed by atoms with van der Waals surface area (Å²) in [7, 11) is 0. The van der Waals surface area contributed by atoms with Crippen LogP contribution in [0, 0.1) is 0 Å². The third-order valence-corrected chi connectivity index (χ3v) is 3.56. The number of nitrogens with one attached hydrogen (secondary N) is 1. The average Bonchev–Trinajstić information content (AvgIpc) is 2.48. The second-order valence-electron chi connectivity index (χ2n) is 5.46. The van der Waals surface area contributed by atoms with Crippen LogP contribution in [0.1, 0.15) is 19.4 Å². The summed E-state index contributed by atoms with van der Waals surface area (Å²) in [6.07, 6.45) is 1.41. The Balaban J connectivity index is 2.32. The first-order valence-electron chi connectivity index (χ1n) is 7.21. The van der Waals surface area contributed by atoms with Gasteiger partial charge in [-0.2, -0.15) is 0 Å². The third kappa shape index (κ3) is 4.32. The molecule has 1 aromatic heterocycles. The van der Waals surface area contributed by atoms with Crippen molar-refractivity contribution in [3.8, 4) is 0 Å². The molecule has 1 aromatic carbocycles. The maximum Gasteiger partial charge on any atom is 0.331 e. The first kappa shape index (κ1) is 17.0. The molecule has 1 amide bonds. The Labute approximate surface area is 138 Å². The number of hydrogen-bond acceptors (Lipinski definition) is 3. The van der Waals surface area contributed by atoms with Crippen LogP contribution in [-0.2, 0) is 17.9 Å². The zero-order valence-corrected chi connectivity index (χ0v) is 13.7. The molecule has 0 aliphatic carbocycles. The fourth-order valence-corrected chi connectivity index (χ4v) is 2.34. The largest absolute Gasteiger partial charge is 0.352 e. The van der Waals surface area contributed by atoms with E-state index in [0.717, 1.165) is 10.1 Å². The van der Waals surface area contributed by atoms with Crippen LogP contribution in [0.2, 0.25) is 5.02 Å². The molecular weight excluding hydrogens is 318 g/mol. The van der Waals surface area contributed by atoms with Gasteiger partial charge >= 0.3 is 5.69 Å².